The van der Waals surface area contributed by atoms with E-state index in [0.29, 0.717) is 18.9 Å². The molecule has 1 heterocycles. The summed E-state index contributed by atoms with van der Waals surface area (Å²) in [6.07, 6.45) is 1.76. The van der Waals surface area contributed by atoms with Crippen molar-refractivity contribution in [3.63, 3.8) is 0 Å². The van der Waals surface area contributed by atoms with Crippen LogP contribution in [-0.2, 0) is 9.53 Å². The molecular weight excluding hydrogens is 275 g/mol. The molecule has 1 saturated heterocycles. The molecule has 0 radical (unpaired) electrons. The number of hydrogen-bond acceptors (Lipinski definition) is 4. The first-order valence-electron chi connectivity index (χ1n) is 6.97. The number of nitrogens with two attached hydrogens (primary N) is 1. The average Bonchev–Trinajstić information content (AvgIpc) is 2.46. The van der Waals surface area contributed by atoms with Gasteiger partial charge in [-0.2, -0.15) is 0 Å². The highest BCUT2D eigenvalue weighted by Crippen LogP contribution is 2.26. The number of nitrogens with zero attached hydrogens (tertiary/aromatic N) is 1. The Morgan fingerprint density at radius 2 is 2.14 bits per heavy atom. The maximum Gasteiger partial charge on any atom is 0.231 e. The smallest absolute Gasteiger partial charge is 0.231 e. The van der Waals surface area contributed by atoms with Gasteiger partial charge in [0.05, 0.1) is 6.54 Å². The highest BCUT2D eigenvalue weighted by Gasteiger charge is 2.36. The Labute approximate surface area is 123 Å². The summed E-state index contributed by atoms with van der Waals surface area (Å²) in [5.41, 5.74) is 4.77. The number of amides is 1. The predicted molar refractivity (Wildman–Crippen MR) is 76.5 cm³/mol. The Morgan fingerprint density at radius 1 is 1.43 bits per heavy atom. The van der Waals surface area contributed by atoms with Crippen LogP contribution in [0, 0.1) is 5.82 Å². The van der Waals surface area contributed by atoms with Gasteiger partial charge in [-0.25, -0.2) is 4.39 Å². The molecule has 1 aromatic carbocycles. The van der Waals surface area contributed by atoms with Gasteiger partial charge in [0.15, 0.2) is 0 Å². The maximum atomic E-state index is 12.9. The second-order valence-electron chi connectivity index (χ2n) is 5.41. The fourth-order valence-corrected chi connectivity index (χ4v) is 2.63. The van der Waals surface area contributed by atoms with E-state index in [2.05, 4.69) is 0 Å². The summed E-state index contributed by atoms with van der Waals surface area (Å²) in [4.78, 5) is 13.0. The van der Waals surface area contributed by atoms with Gasteiger partial charge in [-0.05, 0) is 43.7 Å². The maximum absolute atomic E-state index is 12.9. The highest BCUT2D eigenvalue weighted by atomic mass is 19.1. The first-order valence-corrected chi connectivity index (χ1v) is 6.97. The van der Waals surface area contributed by atoms with Crippen LogP contribution in [0.1, 0.15) is 12.8 Å². The van der Waals surface area contributed by atoms with Crippen molar-refractivity contribution in [2.45, 2.75) is 18.4 Å². The van der Waals surface area contributed by atoms with Crippen molar-refractivity contribution in [2.24, 2.45) is 5.73 Å². The van der Waals surface area contributed by atoms with Gasteiger partial charge in [0, 0.05) is 13.7 Å². The van der Waals surface area contributed by atoms with Gasteiger partial charge in [0.1, 0.15) is 23.8 Å². The van der Waals surface area contributed by atoms with Crippen molar-refractivity contribution < 1.29 is 18.7 Å². The summed E-state index contributed by atoms with van der Waals surface area (Å²) >= 11 is 0. The number of likely N-dealkylation sites (tertiary alicyclic amines) is 1. The van der Waals surface area contributed by atoms with E-state index >= 15 is 0 Å². The van der Waals surface area contributed by atoms with Crippen LogP contribution in [-0.4, -0.2) is 49.8 Å². The molecule has 0 unspecified atom stereocenters. The van der Waals surface area contributed by atoms with E-state index < -0.39 is 5.60 Å². The Kier molecular flexibility index (Phi) is 5.14. The molecule has 1 aromatic rings. The number of primary amides is 1. The molecule has 1 atom stereocenters. The molecule has 0 bridgehead atoms. The lowest BCUT2D eigenvalue weighted by Gasteiger charge is -2.41. The molecule has 1 fully saturated rings. The Morgan fingerprint density at radius 3 is 2.76 bits per heavy atom. The molecule has 21 heavy (non-hydrogen) atoms. The van der Waals surface area contributed by atoms with Crippen molar-refractivity contribution in [1.29, 1.82) is 0 Å². The summed E-state index contributed by atoms with van der Waals surface area (Å²) in [6, 6.07) is 5.88. The number of benzene rings is 1. The summed E-state index contributed by atoms with van der Waals surface area (Å²) in [5.74, 6) is -0.0460. The third kappa shape index (κ3) is 4.41. The number of piperidine rings is 1. The molecule has 6 heteroatoms. The molecule has 0 aromatic heterocycles. The van der Waals surface area contributed by atoms with Gasteiger partial charge in [-0.1, -0.05) is 0 Å². The molecule has 0 aliphatic carbocycles. The van der Waals surface area contributed by atoms with Crippen molar-refractivity contribution in [3.05, 3.63) is 30.1 Å². The van der Waals surface area contributed by atoms with Gasteiger partial charge in [0.25, 0.3) is 0 Å². The van der Waals surface area contributed by atoms with Crippen LogP contribution < -0.4 is 10.5 Å². The second-order valence-corrected chi connectivity index (χ2v) is 5.41. The zero-order valence-corrected chi connectivity index (χ0v) is 12.2. The van der Waals surface area contributed by atoms with Crippen LogP contribution in [0.3, 0.4) is 0 Å². The SMILES string of the molecule is CO[C@@]1(COc2ccc(F)cc2)CCCN(CC(N)=O)C1. The molecular formula is C15H21FN2O3. The van der Waals surface area contributed by atoms with E-state index in [1.807, 2.05) is 4.90 Å². The Bertz CT molecular complexity index is 480. The lowest BCUT2D eigenvalue weighted by molar-refractivity contribution is -0.123. The topological polar surface area (TPSA) is 64.8 Å². The normalized spacial score (nSPS) is 23.0. The third-order valence-electron chi connectivity index (χ3n) is 3.75. The van der Waals surface area contributed by atoms with Gasteiger partial charge in [-0.15, -0.1) is 0 Å². The summed E-state index contributed by atoms with van der Waals surface area (Å²) in [5, 5.41) is 0. The van der Waals surface area contributed by atoms with Crippen molar-refractivity contribution in [3.8, 4) is 5.75 Å². The number of hydrogen-bond donors (Lipinski definition) is 1. The second kappa shape index (κ2) is 6.87. The van der Waals surface area contributed by atoms with Crippen molar-refractivity contribution >= 4 is 5.91 Å². The number of methoxy groups -OCH3 is 1. The molecule has 0 saturated carbocycles. The quantitative estimate of drug-likeness (QED) is 0.856. The third-order valence-corrected chi connectivity index (χ3v) is 3.75. The minimum absolute atomic E-state index is 0.224. The van der Waals surface area contributed by atoms with E-state index in [9.17, 15) is 9.18 Å². The van der Waals surface area contributed by atoms with Crippen molar-refractivity contribution in [2.75, 3.05) is 33.4 Å². The standard InChI is InChI=1S/C15H21FN2O3/c1-20-15(7-2-8-18(10-15)9-14(17)19)11-21-13-5-3-12(16)4-6-13/h3-6H,2,7-11H2,1H3,(H2,17,19)/t15-/m0/s1. The number of carbonyl (C=O) groups excluding carboxylic acids is 1. The van der Waals surface area contributed by atoms with Gasteiger partial charge in [-0.3, -0.25) is 9.69 Å². The fraction of sp³-hybridized carbons (Fsp3) is 0.533. The summed E-state index contributed by atoms with van der Waals surface area (Å²) in [7, 11) is 1.64. The summed E-state index contributed by atoms with van der Waals surface area (Å²) < 4.78 is 24.2. The van der Waals surface area contributed by atoms with Crippen LogP contribution in [0.5, 0.6) is 5.75 Å². The number of carbonyl (C=O) groups is 1. The van der Waals surface area contributed by atoms with Crippen LogP contribution in [0.4, 0.5) is 4.39 Å². The lowest BCUT2D eigenvalue weighted by atomic mass is 9.93. The highest BCUT2D eigenvalue weighted by molar-refractivity contribution is 5.75. The lowest BCUT2D eigenvalue weighted by Crippen LogP contribution is -2.54. The van der Waals surface area contributed by atoms with Gasteiger partial charge < -0.3 is 15.2 Å². The largest absolute Gasteiger partial charge is 0.491 e. The molecule has 1 aliphatic rings. The van der Waals surface area contributed by atoms with E-state index in [-0.39, 0.29) is 18.3 Å². The van der Waals surface area contributed by atoms with E-state index in [1.165, 1.54) is 12.1 Å². The Hall–Kier alpha value is -1.66. The molecule has 116 valence electrons. The average molecular weight is 296 g/mol. The predicted octanol–water partition coefficient (Wildman–Crippen LogP) is 1.17. The minimum atomic E-state index is -0.470. The fourth-order valence-electron chi connectivity index (χ4n) is 2.63. The van der Waals surface area contributed by atoms with E-state index in [4.69, 9.17) is 15.2 Å². The van der Waals surface area contributed by atoms with E-state index in [0.717, 1.165) is 19.4 Å². The molecule has 0 spiro atoms. The zero-order valence-electron chi connectivity index (χ0n) is 12.2. The molecule has 2 N–H and O–H groups in total. The molecule has 2 rings (SSSR count). The molecule has 5 nitrogen and oxygen atoms in total. The van der Waals surface area contributed by atoms with Crippen LogP contribution >= 0.6 is 0 Å². The van der Waals surface area contributed by atoms with Crippen molar-refractivity contribution in [1.82, 2.24) is 4.90 Å². The van der Waals surface area contributed by atoms with E-state index in [1.54, 1.807) is 19.2 Å². The van der Waals surface area contributed by atoms with Gasteiger partial charge >= 0.3 is 0 Å². The first kappa shape index (κ1) is 15.7. The van der Waals surface area contributed by atoms with Crippen LogP contribution in [0.25, 0.3) is 0 Å². The monoisotopic (exact) mass is 296 g/mol. The molecule has 1 amide bonds. The molecule has 1 aliphatic heterocycles. The Balaban J connectivity index is 1.96. The number of ether oxygens (including phenoxy) is 2. The van der Waals surface area contributed by atoms with Crippen LogP contribution in [0.15, 0.2) is 24.3 Å². The van der Waals surface area contributed by atoms with Crippen LogP contribution in [0.2, 0.25) is 0 Å². The summed E-state index contributed by atoms with van der Waals surface area (Å²) in [6.45, 7) is 1.99. The van der Waals surface area contributed by atoms with Gasteiger partial charge in [0.2, 0.25) is 5.91 Å². The number of rotatable bonds is 6. The number of halogens is 1. The first-order chi connectivity index (χ1) is 10.0. The zero-order chi connectivity index (χ0) is 15.3. The minimum Gasteiger partial charge on any atom is -0.491 e.